The Hall–Kier alpha value is -2.92. The van der Waals surface area contributed by atoms with Gasteiger partial charge in [-0.3, -0.25) is 4.79 Å². The van der Waals surface area contributed by atoms with Crippen LogP contribution in [0.15, 0.2) is 71.6 Å². The van der Waals surface area contributed by atoms with Crippen molar-refractivity contribution in [2.24, 2.45) is 11.8 Å². The third-order valence-electron chi connectivity index (χ3n) is 7.20. The summed E-state index contributed by atoms with van der Waals surface area (Å²) in [5, 5.41) is 5.83. The van der Waals surface area contributed by atoms with Crippen LogP contribution in [0.1, 0.15) is 52.0 Å². The Morgan fingerprint density at radius 3 is 2.47 bits per heavy atom. The van der Waals surface area contributed by atoms with Crippen LogP contribution in [0.4, 0.5) is 5.69 Å². The normalized spacial score (nSPS) is 23.6. The molecular formula is C31H36N2O2S. The Kier molecular flexibility index (Phi) is 7.56. The summed E-state index contributed by atoms with van der Waals surface area (Å²) < 4.78 is 6.11. The molecule has 5 heteroatoms. The maximum absolute atomic E-state index is 13.9. The van der Waals surface area contributed by atoms with Gasteiger partial charge in [-0.15, -0.1) is 0 Å². The van der Waals surface area contributed by atoms with Gasteiger partial charge in [0.05, 0.1) is 11.5 Å². The molecule has 0 aromatic heterocycles. The molecular weight excluding hydrogens is 464 g/mol. The molecule has 1 saturated heterocycles. The van der Waals surface area contributed by atoms with Crippen molar-refractivity contribution in [1.82, 2.24) is 4.90 Å². The lowest BCUT2D eigenvalue weighted by Gasteiger charge is -2.39. The van der Waals surface area contributed by atoms with Gasteiger partial charge < -0.3 is 15.0 Å². The van der Waals surface area contributed by atoms with Gasteiger partial charge in [-0.2, -0.15) is 0 Å². The number of carbonyl (C=O) groups is 1. The molecule has 1 heterocycles. The average Bonchev–Trinajstić information content (AvgIpc) is 3.18. The van der Waals surface area contributed by atoms with E-state index in [1.807, 2.05) is 30.3 Å². The third-order valence-corrected chi connectivity index (χ3v) is 8.32. The van der Waals surface area contributed by atoms with Crippen molar-refractivity contribution >= 4 is 40.2 Å². The van der Waals surface area contributed by atoms with E-state index in [-0.39, 0.29) is 17.4 Å². The molecule has 1 saturated carbocycles. The minimum absolute atomic E-state index is 0.114. The zero-order valence-corrected chi connectivity index (χ0v) is 22.3. The summed E-state index contributed by atoms with van der Waals surface area (Å²) in [6.45, 7) is 7.29. The van der Waals surface area contributed by atoms with Crippen LogP contribution in [0.25, 0.3) is 16.8 Å². The van der Waals surface area contributed by atoms with Gasteiger partial charge in [0.2, 0.25) is 0 Å². The zero-order valence-electron chi connectivity index (χ0n) is 21.4. The van der Waals surface area contributed by atoms with Gasteiger partial charge in [0.25, 0.3) is 5.91 Å². The standard InChI is InChI=1S/C31H36N2O2S/c1-21(2)20-35-28-18-17-23(25-14-8-9-15-26(25)28)19-29-30(34)33(27-16-10-7-11-22(27)3)31(36-29)32-24-12-5-4-6-13-24/h4-6,8-9,12-15,17-19,21-22,27,31-32H,7,10-11,16,20H2,1-3H3/b29-19-/t22-,27-,31?/m1/s1. The second kappa shape index (κ2) is 11.0. The molecule has 36 heavy (non-hydrogen) atoms. The fourth-order valence-electron chi connectivity index (χ4n) is 5.31. The van der Waals surface area contributed by atoms with Crippen LogP contribution in [-0.2, 0) is 4.79 Å². The van der Waals surface area contributed by atoms with Gasteiger partial charge >= 0.3 is 0 Å². The van der Waals surface area contributed by atoms with Gasteiger partial charge in [0, 0.05) is 17.1 Å². The number of benzene rings is 3. The Labute approximate surface area is 219 Å². The maximum Gasteiger partial charge on any atom is 0.262 e. The highest BCUT2D eigenvalue weighted by Crippen LogP contribution is 2.43. The zero-order chi connectivity index (χ0) is 25.1. The van der Waals surface area contributed by atoms with Crippen molar-refractivity contribution in [1.29, 1.82) is 0 Å². The van der Waals surface area contributed by atoms with E-state index in [1.165, 1.54) is 19.3 Å². The van der Waals surface area contributed by atoms with Crippen molar-refractivity contribution in [2.45, 2.75) is 58.0 Å². The SMILES string of the molecule is CC(C)COc1ccc(/C=C2\SC(Nc3ccccc3)N([C@@H]3CCCC[C@H]3C)C2=O)c2ccccc12. The number of rotatable bonds is 7. The van der Waals surface area contributed by atoms with E-state index in [9.17, 15) is 4.79 Å². The van der Waals surface area contributed by atoms with Crippen LogP contribution in [0, 0.1) is 11.8 Å². The summed E-state index contributed by atoms with van der Waals surface area (Å²) in [7, 11) is 0. The van der Waals surface area contributed by atoms with Crippen molar-refractivity contribution in [2.75, 3.05) is 11.9 Å². The molecule has 0 spiro atoms. The van der Waals surface area contributed by atoms with E-state index in [1.54, 1.807) is 11.8 Å². The summed E-state index contributed by atoms with van der Waals surface area (Å²) >= 11 is 1.63. The molecule has 1 aliphatic carbocycles. The smallest absolute Gasteiger partial charge is 0.262 e. The number of para-hydroxylation sites is 1. The first kappa shape index (κ1) is 24.8. The molecule has 188 valence electrons. The molecule has 1 N–H and O–H groups in total. The van der Waals surface area contributed by atoms with Gasteiger partial charge in [0.1, 0.15) is 5.75 Å². The van der Waals surface area contributed by atoms with Gasteiger partial charge in [-0.1, -0.05) is 93.9 Å². The predicted molar refractivity (Wildman–Crippen MR) is 152 cm³/mol. The molecule has 4 nitrogen and oxygen atoms in total. The molecule has 3 aromatic carbocycles. The Bertz CT molecular complexity index is 1240. The first-order chi connectivity index (χ1) is 17.5. The van der Waals surface area contributed by atoms with Crippen LogP contribution >= 0.6 is 11.8 Å². The number of fused-ring (bicyclic) bond motifs is 1. The van der Waals surface area contributed by atoms with E-state index in [2.05, 4.69) is 73.5 Å². The van der Waals surface area contributed by atoms with Crippen LogP contribution < -0.4 is 10.1 Å². The van der Waals surface area contributed by atoms with E-state index < -0.39 is 0 Å². The molecule has 5 rings (SSSR count). The highest BCUT2D eigenvalue weighted by atomic mass is 32.2. The molecule has 0 radical (unpaired) electrons. The molecule has 1 amide bonds. The topological polar surface area (TPSA) is 41.6 Å². The van der Waals surface area contributed by atoms with Gasteiger partial charge in [-0.05, 0) is 59.9 Å². The number of amides is 1. The second-order valence-electron chi connectivity index (χ2n) is 10.4. The summed E-state index contributed by atoms with van der Waals surface area (Å²) in [6.07, 6.45) is 6.76. The first-order valence-electron chi connectivity index (χ1n) is 13.2. The van der Waals surface area contributed by atoms with E-state index in [0.717, 1.165) is 39.1 Å². The molecule has 3 atom stereocenters. The maximum atomic E-state index is 13.9. The number of thioether (sulfide) groups is 1. The van der Waals surface area contributed by atoms with Gasteiger partial charge in [0.15, 0.2) is 5.50 Å². The van der Waals surface area contributed by atoms with Crippen molar-refractivity contribution < 1.29 is 9.53 Å². The number of hydrogen-bond donors (Lipinski definition) is 1. The number of nitrogens with zero attached hydrogens (tertiary/aromatic N) is 1. The second-order valence-corrected chi connectivity index (χ2v) is 11.6. The average molecular weight is 501 g/mol. The third kappa shape index (κ3) is 5.27. The number of nitrogens with one attached hydrogen (secondary N) is 1. The monoisotopic (exact) mass is 500 g/mol. The van der Waals surface area contributed by atoms with Crippen LogP contribution in [0.3, 0.4) is 0 Å². The highest BCUT2D eigenvalue weighted by molar-refractivity contribution is 8.05. The lowest BCUT2D eigenvalue weighted by molar-refractivity contribution is -0.129. The van der Waals surface area contributed by atoms with Crippen LogP contribution in [-0.4, -0.2) is 29.0 Å². The molecule has 3 aromatic rings. The minimum Gasteiger partial charge on any atom is -0.493 e. The lowest BCUT2D eigenvalue weighted by Crippen LogP contribution is -2.48. The van der Waals surface area contributed by atoms with E-state index >= 15 is 0 Å². The molecule has 1 unspecified atom stereocenters. The highest BCUT2D eigenvalue weighted by Gasteiger charge is 2.42. The van der Waals surface area contributed by atoms with Crippen LogP contribution in [0.5, 0.6) is 5.75 Å². The predicted octanol–water partition coefficient (Wildman–Crippen LogP) is 7.77. The number of anilines is 1. The fourth-order valence-corrected chi connectivity index (χ4v) is 6.51. The quantitative estimate of drug-likeness (QED) is 0.337. The molecule has 0 bridgehead atoms. The minimum atomic E-state index is -0.114. The van der Waals surface area contributed by atoms with Crippen molar-refractivity contribution in [3.05, 3.63) is 77.2 Å². The van der Waals surface area contributed by atoms with Gasteiger partial charge in [-0.25, -0.2) is 0 Å². The summed E-state index contributed by atoms with van der Waals surface area (Å²) in [5.74, 6) is 1.99. The van der Waals surface area contributed by atoms with E-state index in [4.69, 9.17) is 4.74 Å². The number of ether oxygens (including phenoxy) is 1. The Morgan fingerprint density at radius 1 is 1.00 bits per heavy atom. The largest absolute Gasteiger partial charge is 0.493 e. The molecule has 2 aliphatic rings. The number of hydrogen-bond acceptors (Lipinski definition) is 4. The summed E-state index contributed by atoms with van der Waals surface area (Å²) in [5.41, 5.74) is 1.97. The van der Waals surface area contributed by atoms with Crippen LogP contribution in [0.2, 0.25) is 0 Å². The first-order valence-corrected chi connectivity index (χ1v) is 14.1. The molecule has 2 fully saturated rings. The number of carbonyl (C=O) groups excluding carboxylic acids is 1. The molecule has 1 aliphatic heterocycles. The van der Waals surface area contributed by atoms with Crippen molar-refractivity contribution in [3.63, 3.8) is 0 Å². The Balaban J connectivity index is 1.49. The Morgan fingerprint density at radius 2 is 1.72 bits per heavy atom. The fraction of sp³-hybridized carbons (Fsp3) is 0.387. The van der Waals surface area contributed by atoms with Crippen molar-refractivity contribution in [3.8, 4) is 5.75 Å². The summed E-state index contributed by atoms with van der Waals surface area (Å²) in [6, 6.07) is 22.9. The lowest BCUT2D eigenvalue weighted by atomic mass is 9.85. The summed E-state index contributed by atoms with van der Waals surface area (Å²) in [4.78, 5) is 16.8. The van der Waals surface area contributed by atoms with E-state index in [0.29, 0.717) is 18.4 Å².